The predicted octanol–water partition coefficient (Wildman–Crippen LogP) is 2.30. The van der Waals surface area contributed by atoms with Crippen molar-refractivity contribution in [3.63, 3.8) is 0 Å². The maximum Gasteiger partial charge on any atom is 0.106 e. The molecule has 0 aliphatic heterocycles. The lowest BCUT2D eigenvalue weighted by molar-refractivity contribution is 0.0138. The molecule has 0 amide bonds. The van der Waals surface area contributed by atoms with Gasteiger partial charge in [-0.3, -0.25) is 4.68 Å². The first-order chi connectivity index (χ1) is 6.68. The van der Waals surface area contributed by atoms with E-state index in [1.807, 2.05) is 24.6 Å². The Morgan fingerprint density at radius 1 is 1.43 bits per heavy atom. The van der Waals surface area contributed by atoms with Gasteiger partial charge in [0.15, 0.2) is 0 Å². The van der Waals surface area contributed by atoms with Crippen molar-refractivity contribution in [3.8, 4) is 0 Å². The van der Waals surface area contributed by atoms with Crippen molar-refractivity contribution in [3.05, 3.63) is 18.0 Å². The zero-order chi connectivity index (χ0) is 10.6. The van der Waals surface area contributed by atoms with Gasteiger partial charge in [0.1, 0.15) is 5.60 Å². The topological polar surface area (TPSA) is 38.1 Å². The predicted molar refractivity (Wildman–Crippen MR) is 57.0 cm³/mol. The molecule has 3 nitrogen and oxygen atoms in total. The van der Waals surface area contributed by atoms with Crippen molar-refractivity contribution in [1.82, 2.24) is 9.78 Å². The molecule has 1 rings (SSSR count). The third kappa shape index (κ3) is 1.98. The van der Waals surface area contributed by atoms with Gasteiger partial charge in [-0.2, -0.15) is 5.10 Å². The van der Waals surface area contributed by atoms with Crippen LogP contribution in [0.25, 0.3) is 0 Å². The van der Waals surface area contributed by atoms with E-state index >= 15 is 0 Å². The van der Waals surface area contributed by atoms with E-state index in [-0.39, 0.29) is 0 Å². The molecule has 14 heavy (non-hydrogen) atoms. The van der Waals surface area contributed by atoms with Crippen LogP contribution in [0.1, 0.15) is 45.7 Å². The van der Waals surface area contributed by atoms with E-state index in [1.165, 1.54) is 0 Å². The van der Waals surface area contributed by atoms with Crippen molar-refractivity contribution in [2.45, 2.75) is 52.2 Å². The molecule has 0 aromatic carbocycles. The minimum Gasteiger partial charge on any atom is -0.384 e. The summed E-state index contributed by atoms with van der Waals surface area (Å²) in [6.45, 7) is 6.96. The fourth-order valence-electron chi connectivity index (χ4n) is 1.88. The zero-order valence-electron chi connectivity index (χ0n) is 9.32. The van der Waals surface area contributed by atoms with Gasteiger partial charge < -0.3 is 5.11 Å². The first-order valence-corrected chi connectivity index (χ1v) is 5.42. The largest absolute Gasteiger partial charge is 0.384 e. The smallest absolute Gasteiger partial charge is 0.106 e. The summed E-state index contributed by atoms with van der Waals surface area (Å²) in [7, 11) is 0. The molecule has 0 spiro atoms. The molecular weight excluding hydrogens is 176 g/mol. The Kier molecular flexibility index (Phi) is 3.69. The third-order valence-corrected chi connectivity index (χ3v) is 2.74. The average Bonchev–Trinajstić information content (AvgIpc) is 2.66. The fraction of sp³-hybridized carbons (Fsp3) is 0.727. The Hall–Kier alpha value is -0.830. The van der Waals surface area contributed by atoms with E-state index in [0.717, 1.165) is 31.5 Å². The molecule has 3 heteroatoms. The van der Waals surface area contributed by atoms with Crippen LogP contribution in [0.3, 0.4) is 0 Å². The molecule has 0 radical (unpaired) electrons. The van der Waals surface area contributed by atoms with E-state index < -0.39 is 5.60 Å². The van der Waals surface area contributed by atoms with E-state index in [9.17, 15) is 5.11 Å². The number of rotatable bonds is 5. The Morgan fingerprint density at radius 2 is 2.14 bits per heavy atom. The lowest BCUT2D eigenvalue weighted by Gasteiger charge is -2.27. The lowest BCUT2D eigenvalue weighted by Crippen LogP contribution is -2.28. The summed E-state index contributed by atoms with van der Waals surface area (Å²) in [5.74, 6) is 0. The Balaban J connectivity index is 2.98. The van der Waals surface area contributed by atoms with Crippen LogP contribution in [-0.2, 0) is 12.1 Å². The van der Waals surface area contributed by atoms with Gasteiger partial charge in [-0.15, -0.1) is 0 Å². The standard InChI is InChI=1S/C11H20N2O/c1-4-8-11(14,5-2)10-7-9-12-13(10)6-3/h7,9,14H,4-6,8H2,1-3H3. The number of aliphatic hydroxyl groups is 1. The second-order valence-corrected chi connectivity index (χ2v) is 3.67. The summed E-state index contributed by atoms with van der Waals surface area (Å²) in [6, 6.07) is 1.92. The molecule has 0 fully saturated rings. The number of aryl methyl sites for hydroxylation is 1. The Bertz CT molecular complexity index is 283. The van der Waals surface area contributed by atoms with E-state index in [1.54, 1.807) is 6.20 Å². The zero-order valence-corrected chi connectivity index (χ0v) is 9.32. The van der Waals surface area contributed by atoms with Gasteiger partial charge in [0.05, 0.1) is 5.69 Å². The molecule has 0 bridgehead atoms. The average molecular weight is 196 g/mol. The first kappa shape index (κ1) is 11.2. The number of hydrogen-bond donors (Lipinski definition) is 1. The van der Waals surface area contributed by atoms with Crippen LogP contribution in [0.5, 0.6) is 0 Å². The highest BCUT2D eigenvalue weighted by atomic mass is 16.3. The van der Waals surface area contributed by atoms with Gasteiger partial charge in [-0.05, 0) is 25.8 Å². The SMILES string of the molecule is CCCC(O)(CC)c1ccnn1CC. The second-order valence-electron chi connectivity index (χ2n) is 3.67. The normalized spacial score (nSPS) is 15.4. The first-order valence-electron chi connectivity index (χ1n) is 5.42. The molecule has 0 saturated carbocycles. The second kappa shape index (κ2) is 4.60. The van der Waals surface area contributed by atoms with Crippen LogP contribution in [0.15, 0.2) is 12.3 Å². The van der Waals surface area contributed by atoms with Gasteiger partial charge in [-0.1, -0.05) is 20.3 Å². The summed E-state index contributed by atoms with van der Waals surface area (Å²) in [5.41, 5.74) is 0.255. The van der Waals surface area contributed by atoms with E-state index in [4.69, 9.17) is 0 Å². The van der Waals surface area contributed by atoms with Gasteiger partial charge in [0, 0.05) is 12.7 Å². The molecule has 1 atom stereocenters. The quantitative estimate of drug-likeness (QED) is 0.784. The van der Waals surface area contributed by atoms with E-state index in [2.05, 4.69) is 12.0 Å². The molecule has 80 valence electrons. The Labute approximate surface area is 85.8 Å². The van der Waals surface area contributed by atoms with Crippen LogP contribution in [-0.4, -0.2) is 14.9 Å². The van der Waals surface area contributed by atoms with Crippen LogP contribution < -0.4 is 0 Å². The molecule has 0 saturated heterocycles. The summed E-state index contributed by atoms with van der Waals surface area (Å²) in [6.07, 6.45) is 4.29. The molecule has 1 unspecified atom stereocenters. The molecular formula is C11H20N2O. The van der Waals surface area contributed by atoms with Crippen molar-refractivity contribution in [2.24, 2.45) is 0 Å². The highest BCUT2D eigenvalue weighted by Gasteiger charge is 2.29. The van der Waals surface area contributed by atoms with Crippen LogP contribution in [0, 0.1) is 0 Å². The molecule has 0 aliphatic rings. The fourth-order valence-corrected chi connectivity index (χ4v) is 1.88. The van der Waals surface area contributed by atoms with Crippen LogP contribution in [0.4, 0.5) is 0 Å². The number of aromatic nitrogens is 2. The van der Waals surface area contributed by atoms with Gasteiger partial charge in [-0.25, -0.2) is 0 Å². The number of hydrogen-bond acceptors (Lipinski definition) is 2. The van der Waals surface area contributed by atoms with Crippen molar-refractivity contribution < 1.29 is 5.11 Å². The monoisotopic (exact) mass is 196 g/mol. The molecule has 1 aromatic rings. The highest BCUT2D eigenvalue weighted by molar-refractivity contribution is 5.11. The molecule has 0 aliphatic carbocycles. The molecule has 1 aromatic heterocycles. The van der Waals surface area contributed by atoms with Crippen molar-refractivity contribution in [1.29, 1.82) is 0 Å². The maximum atomic E-state index is 10.4. The minimum absolute atomic E-state index is 0.693. The van der Waals surface area contributed by atoms with Crippen molar-refractivity contribution >= 4 is 0 Å². The summed E-state index contributed by atoms with van der Waals surface area (Å²) < 4.78 is 1.87. The molecule has 1 N–H and O–H groups in total. The van der Waals surface area contributed by atoms with Crippen LogP contribution in [0.2, 0.25) is 0 Å². The summed E-state index contributed by atoms with van der Waals surface area (Å²) >= 11 is 0. The van der Waals surface area contributed by atoms with E-state index in [0.29, 0.717) is 0 Å². The minimum atomic E-state index is -0.693. The highest BCUT2D eigenvalue weighted by Crippen LogP contribution is 2.29. The van der Waals surface area contributed by atoms with Crippen LogP contribution >= 0.6 is 0 Å². The van der Waals surface area contributed by atoms with Gasteiger partial charge >= 0.3 is 0 Å². The summed E-state index contributed by atoms with van der Waals surface area (Å²) in [5, 5.41) is 14.6. The summed E-state index contributed by atoms with van der Waals surface area (Å²) in [4.78, 5) is 0. The maximum absolute atomic E-state index is 10.4. The molecule has 1 heterocycles. The van der Waals surface area contributed by atoms with Crippen molar-refractivity contribution in [2.75, 3.05) is 0 Å². The Morgan fingerprint density at radius 3 is 2.64 bits per heavy atom. The lowest BCUT2D eigenvalue weighted by atomic mass is 9.91. The third-order valence-electron chi connectivity index (χ3n) is 2.74. The van der Waals surface area contributed by atoms with Gasteiger partial charge in [0.25, 0.3) is 0 Å². The van der Waals surface area contributed by atoms with Gasteiger partial charge in [0.2, 0.25) is 0 Å². The number of nitrogens with zero attached hydrogens (tertiary/aromatic N) is 2.